The van der Waals surface area contributed by atoms with Crippen LogP contribution in [0.15, 0.2) is 36.4 Å². The summed E-state index contributed by atoms with van der Waals surface area (Å²) in [6.07, 6.45) is 6.76. The first kappa shape index (κ1) is 20.0. The van der Waals surface area contributed by atoms with Crippen molar-refractivity contribution in [3.63, 3.8) is 0 Å². The Morgan fingerprint density at radius 1 is 1.00 bits per heavy atom. The van der Waals surface area contributed by atoms with Crippen LogP contribution >= 0.6 is 0 Å². The van der Waals surface area contributed by atoms with E-state index in [-0.39, 0.29) is 5.78 Å². The van der Waals surface area contributed by atoms with E-state index in [2.05, 4.69) is 12.2 Å². The molecule has 2 aromatic rings. The van der Waals surface area contributed by atoms with Gasteiger partial charge < -0.3 is 14.8 Å². The van der Waals surface area contributed by atoms with Gasteiger partial charge in [-0.15, -0.1) is 0 Å². The molecule has 0 radical (unpaired) electrons. The van der Waals surface area contributed by atoms with Crippen LogP contribution < -0.4 is 14.8 Å². The number of carbonyl (C=O) groups excluding carboxylic acids is 1. The lowest BCUT2D eigenvalue weighted by Crippen LogP contribution is -2.29. The second-order valence-electron chi connectivity index (χ2n) is 8.10. The highest BCUT2D eigenvalue weighted by Crippen LogP contribution is 2.45. The molecule has 0 spiro atoms. The van der Waals surface area contributed by atoms with Crippen molar-refractivity contribution in [1.29, 1.82) is 0 Å². The molecule has 0 bridgehead atoms. The van der Waals surface area contributed by atoms with Crippen LogP contribution in [-0.4, -0.2) is 32.1 Å². The molecule has 1 aliphatic heterocycles. The van der Waals surface area contributed by atoms with E-state index in [9.17, 15) is 4.79 Å². The second kappa shape index (κ2) is 9.45. The molecule has 4 nitrogen and oxygen atoms in total. The zero-order chi connectivity index (χ0) is 20.1. The number of ether oxygens (including phenoxy) is 2. The molecule has 4 rings (SSSR count). The van der Waals surface area contributed by atoms with E-state index in [1.54, 1.807) is 0 Å². The molecule has 0 aromatic heterocycles. The maximum atomic E-state index is 13.1. The minimum atomic E-state index is 0.0445. The topological polar surface area (TPSA) is 47.6 Å². The molecule has 1 unspecified atom stereocenters. The highest BCUT2D eigenvalue weighted by Gasteiger charge is 2.31. The smallest absolute Gasteiger partial charge is 0.198 e. The summed E-state index contributed by atoms with van der Waals surface area (Å²) in [5.41, 5.74) is 3.37. The van der Waals surface area contributed by atoms with Gasteiger partial charge in [0.05, 0.1) is 18.8 Å². The van der Waals surface area contributed by atoms with Gasteiger partial charge in [-0.2, -0.15) is 0 Å². The van der Waals surface area contributed by atoms with Crippen molar-refractivity contribution >= 4 is 5.78 Å². The van der Waals surface area contributed by atoms with Crippen LogP contribution in [0.4, 0.5) is 0 Å². The quantitative estimate of drug-likeness (QED) is 0.505. The molecular weight excluding hydrogens is 362 g/mol. The predicted molar refractivity (Wildman–Crippen MR) is 116 cm³/mol. The van der Waals surface area contributed by atoms with E-state index in [1.807, 2.05) is 36.4 Å². The normalized spacial score (nSPS) is 17.7. The molecule has 1 atom stereocenters. The summed E-state index contributed by atoms with van der Waals surface area (Å²) in [4.78, 5) is 13.1. The minimum Gasteiger partial charge on any atom is -0.490 e. The van der Waals surface area contributed by atoms with Crippen molar-refractivity contribution in [3.8, 4) is 22.6 Å². The molecule has 2 aromatic carbocycles. The van der Waals surface area contributed by atoms with Gasteiger partial charge in [-0.3, -0.25) is 4.79 Å². The summed E-state index contributed by atoms with van der Waals surface area (Å²) >= 11 is 0. The molecule has 0 saturated carbocycles. The van der Waals surface area contributed by atoms with Crippen molar-refractivity contribution < 1.29 is 14.3 Å². The van der Waals surface area contributed by atoms with Crippen molar-refractivity contribution in [2.75, 3.05) is 26.3 Å². The van der Waals surface area contributed by atoms with Gasteiger partial charge in [0.2, 0.25) is 0 Å². The van der Waals surface area contributed by atoms with Crippen molar-refractivity contribution in [2.24, 2.45) is 5.92 Å². The van der Waals surface area contributed by atoms with Gasteiger partial charge in [-0.1, -0.05) is 37.6 Å². The predicted octanol–water partition coefficient (Wildman–Crippen LogP) is 5.24. The van der Waals surface area contributed by atoms with Crippen LogP contribution in [0.5, 0.6) is 11.5 Å². The second-order valence-corrected chi connectivity index (χ2v) is 8.10. The fraction of sp³-hybridized carbons (Fsp3) is 0.480. The van der Waals surface area contributed by atoms with Crippen LogP contribution in [0.25, 0.3) is 11.1 Å². The molecule has 1 heterocycles. The first-order valence-corrected chi connectivity index (χ1v) is 11.1. The molecule has 1 saturated heterocycles. The lowest BCUT2D eigenvalue weighted by Gasteiger charge is -2.22. The van der Waals surface area contributed by atoms with Crippen LogP contribution in [-0.2, 0) is 0 Å². The Morgan fingerprint density at radius 2 is 1.83 bits per heavy atom. The highest BCUT2D eigenvalue weighted by molar-refractivity contribution is 6.23. The van der Waals surface area contributed by atoms with Crippen molar-refractivity contribution in [3.05, 3.63) is 47.5 Å². The number of hydrogen-bond acceptors (Lipinski definition) is 4. The molecular formula is C25H31NO3. The largest absolute Gasteiger partial charge is 0.490 e. The first-order valence-electron chi connectivity index (χ1n) is 11.1. The summed E-state index contributed by atoms with van der Waals surface area (Å²) in [6, 6.07) is 11.8. The minimum absolute atomic E-state index is 0.0445. The van der Waals surface area contributed by atoms with Gasteiger partial charge in [-0.25, -0.2) is 0 Å². The first-order chi connectivity index (χ1) is 14.3. The van der Waals surface area contributed by atoms with Crippen LogP contribution in [0.3, 0.4) is 0 Å². The molecule has 1 aliphatic carbocycles. The van der Waals surface area contributed by atoms with Crippen LogP contribution in [0.1, 0.15) is 61.4 Å². The third-order valence-corrected chi connectivity index (χ3v) is 5.97. The van der Waals surface area contributed by atoms with E-state index in [0.29, 0.717) is 30.3 Å². The molecule has 1 fully saturated rings. The fourth-order valence-electron chi connectivity index (χ4n) is 4.36. The number of rotatable bonds is 9. The van der Waals surface area contributed by atoms with Gasteiger partial charge in [0, 0.05) is 5.56 Å². The number of hydrogen-bond donors (Lipinski definition) is 1. The number of ketones is 1. The van der Waals surface area contributed by atoms with Gasteiger partial charge in [0.25, 0.3) is 0 Å². The molecule has 29 heavy (non-hydrogen) atoms. The highest BCUT2D eigenvalue weighted by atomic mass is 16.5. The van der Waals surface area contributed by atoms with Gasteiger partial charge in [0.1, 0.15) is 0 Å². The van der Waals surface area contributed by atoms with E-state index in [0.717, 1.165) is 61.4 Å². The maximum absolute atomic E-state index is 13.1. The van der Waals surface area contributed by atoms with Gasteiger partial charge in [-0.05, 0) is 74.4 Å². The summed E-state index contributed by atoms with van der Waals surface area (Å²) in [5, 5.41) is 3.48. The van der Waals surface area contributed by atoms with Crippen LogP contribution in [0, 0.1) is 5.92 Å². The molecule has 4 heteroatoms. The zero-order valence-electron chi connectivity index (χ0n) is 17.3. The van der Waals surface area contributed by atoms with E-state index in [1.165, 1.54) is 12.8 Å². The number of carbonyl (C=O) groups is 1. The Bertz CT molecular complexity index is 855. The third-order valence-electron chi connectivity index (χ3n) is 5.97. The zero-order valence-corrected chi connectivity index (χ0v) is 17.3. The van der Waals surface area contributed by atoms with Crippen LogP contribution in [0.2, 0.25) is 0 Å². The van der Waals surface area contributed by atoms with E-state index < -0.39 is 0 Å². The monoisotopic (exact) mass is 393 g/mol. The Balaban J connectivity index is 1.52. The molecule has 154 valence electrons. The lowest BCUT2D eigenvalue weighted by molar-refractivity contribution is 0.103. The van der Waals surface area contributed by atoms with Gasteiger partial charge >= 0.3 is 0 Å². The number of unbranched alkanes of at least 4 members (excludes halogenated alkanes) is 1. The Morgan fingerprint density at radius 3 is 2.62 bits per heavy atom. The third kappa shape index (κ3) is 4.32. The molecule has 0 amide bonds. The standard InChI is InChI=1S/C25H31NO3/c1-2-3-15-28-22-13-12-20-19-10-4-5-11-21(19)24(27)23(20)25(22)29-16-7-9-18-8-6-14-26-17-18/h4-5,10-13,18,26H,2-3,6-9,14-17H2,1H3. The average Bonchev–Trinajstić information content (AvgIpc) is 3.05. The number of piperidine rings is 1. The van der Waals surface area contributed by atoms with Gasteiger partial charge in [0.15, 0.2) is 17.3 Å². The Labute approximate surface area is 173 Å². The SMILES string of the molecule is CCCCOc1ccc2c(c1OCCCC1CCCNC1)C(=O)c1ccccc1-2. The van der Waals surface area contributed by atoms with Crippen molar-refractivity contribution in [2.45, 2.75) is 45.4 Å². The summed E-state index contributed by atoms with van der Waals surface area (Å²) in [5.74, 6) is 2.10. The summed E-state index contributed by atoms with van der Waals surface area (Å²) in [6.45, 7) is 5.65. The van der Waals surface area contributed by atoms with E-state index >= 15 is 0 Å². The Kier molecular flexibility index (Phi) is 6.50. The molecule has 1 N–H and O–H groups in total. The molecule has 2 aliphatic rings. The number of nitrogens with one attached hydrogen (secondary N) is 1. The number of benzene rings is 2. The summed E-state index contributed by atoms with van der Waals surface area (Å²) in [7, 11) is 0. The maximum Gasteiger partial charge on any atom is 0.198 e. The average molecular weight is 394 g/mol. The van der Waals surface area contributed by atoms with E-state index in [4.69, 9.17) is 9.47 Å². The Hall–Kier alpha value is -2.33. The van der Waals surface area contributed by atoms with Crippen molar-refractivity contribution in [1.82, 2.24) is 5.32 Å². The summed E-state index contributed by atoms with van der Waals surface area (Å²) < 4.78 is 12.2. The number of fused-ring (bicyclic) bond motifs is 3. The fourth-order valence-corrected chi connectivity index (χ4v) is 4.36. The lowest BCUT2D eigenvalue weighted by atomic mass is 9.95.